The normalized spacial score (nSPS) is 10.2. The number of nitrogens with one attached hydrogen (secondary N) is 2. The number of terminal acetylenes is 1. The zero-order chi connectivity index (χ0) is 14.5. The van der Waals surface area contributed by atoms with Crippen LogP contribution in [-0.2, 0) is 6.54 Å². The Bertz CT molecular complexity index is 786. The van der Waals surface area contributed by atoms with Gasteiger partial charge in [-0.2, -0.15) is 5.10 Å². The topological polar surface area (TPSA) is 49.9 Å². The van der Waals surface area contributed by atoms with Crippen molar-refractivity contribution in [2.45, 2.75) is 6.54 Å². The molecule has 1 heterocycles. The van der Waals surface area contributed by atoms with E-state index >= 15 is 0 Å². The fourth-order valence-electron chi connectivity index (χ4n) is 2.16. The van der Waals surface area contributed by atoms with E-state index in [4.69, 9.17) is 11.2 Å². The first-order chi connectivity index (χ1) is 10.4. The molecule has 0 atom stereocenters. The van der Waals surface area contributed by atoms with E-state index in [0.29, 0.717) is 6.54 Å². The highest BCUT2D eigenvalue weighted by molar-refractivity contribution is 5.81. The third-order valence-corrected chi connectivity index (χ3v) is 3.21. The molecule has 0 aliphatic carbocycles. The van der Waals surface area contributed by atoms with E-state index in [-0.39, 0.29) is 6.61 Å². The van der Waals surface area contributed by atoms with Gasteiger partial charge in [0.15, 0.2) is 0 Å². The molecule has 0 saturated heterocycles. The largest absolute Gasteiger partial charge is 0.481 e. The van der Waals surface area contributed by atoms with Gasteiger partial charge in [0.05, 0.1) is 11.7 Å². The van der Waals surface area contributed by atoms with Crippen LogP contribution in [0.2, 0.25) is 0 Å². The summed E-state index contributed by atoms with van der Waals surface area (Å²) in [6.45, 7) is 0.947. The minimum Gasteiger partial charge on any atom is -0.481 e. The molecular formula is C17H15N3O. The quantitative estimate of drug-likeness (QED) is 0.704. The summed E-state index contributed by atoms with van der Waals surface area (Å²) in [4.78, 5) is 0. The summed E-state index contributed by atoms with van der Waals surface area (Å²) in [5, 5.41) is 11.4. The fraction of sp³-hybridized carbons (Fsp3) is 0.118. The molecule has 0 amide bonds. The first-order valence-electron chi connectivity index (χ1n) is 6.68. The summed E-state index contributed by atoms with van der Waals surface area (Å²) in [5.41, 5.74) is 3.13. The number of para-hydroxylation sites is 1. The molecule has 0 aliphatic rings. The second-order valence-electron chi connectivity index (χ2n) is 4.63. The summed E-state index contributed by atoms with van der Waals surface area (Å²) < 4.78 is 5.54. The number of rotatable bonds is 5. The minimum absolute atomic E-state index is 0.276. The minimum atomic E-state index is 0.276. The molecule has 1 aromatic heterocycles. The Morgan fingerprint density at radius 1 is 1.24 bits per heavy atom. The van der Waals surface area contributed by atoms with Gasteiger partial charge in [-0.1, -0.05) is 24.1 Å². The Balaban J connectivity index is 1.73. The van der Waals surface area contributed by atoms with Crippen molar-refractivity contribution in [2.75, 3.05) is 11.9 Å². The van der Waals surface area contributed by atoms with Crippen LogP contribution in [-0.4, -0.2) is 16.8 Å². The molecule has 3 aromatic rings. The van der Waals surface area contributed by atoms with E-state index in [2.05, 4.69) is 27.5 Å². The number of benzene rings is 2. The van der Waals surface area contributed by atoms with Crippen LogP contribution in [0.15, 0.2) is 48.7 Å². The zero-order valence-electron chi connectivity index (χ0n) is 11.5. The van der Waals surface area contributed by atoms with Crippen molar-refractivity contribution in [2.24, 2.45) is 0 Å². The van der Waals surface area contributed by atoms with Crippen molar-refractivity contribution in [1.82, 2.24) is 10.2 Å². The van der Waals surface area contributed by atoms with Crippen LogP contribution in [0.3, 0.4) is 0 Å². The molecule has 0 bridgehead atoms. The molecule has 104 valence electrons. The first-order valence-corrected chi connectivity index (χ1v) is 6.68. The van der Waals surface area contributed by atoms with E-state index in [1.54, 1.807) is 0 Å². The molecule has 2 N–H and O–H groups in total. The fourth-order valence-corrected chi connectivity index (χ4v) is 2.16. The predicted molar refractivity (Wildman–Crippen MR) is 84.2 cm³/mol. The average Bonchev–Trinajstić information content (AvgIpc) is 2.99. The summed E-state index contributed by atoms with van der Waals surface area (Å²) in [5.74, 6) is 3.29. The molecule has 0 radical (unpaired) electrons. The van der Waals surface area contributed by atoms with Gasteiger partial charge in [-0.3, -0.25) is 5.10 Å². The number of hydrogen-bond acceptors (Lipinski definition) is 3. The lowest BCUT2D eigenvalue weighted by molar-refractivity contribution is 0.366. The number of aromatic nitrogens is 2. The highest BCUT2D eigenvalue weighted by Gasteiger charge is 2.03. The molecule has 0 saturated carbocycles. The molecule has 0 fully saturated rings. The van der Waals surface area contributed by atoms with E-state index in [0.717, 1.165) is 27.9 Å². The summed E-state index contributed by atoms with van der Waals surface area (Å²) >= 11 is 0. The summed E-state index contributed by atoms with van der Waals surface area (Å²) in [7, 11) is 0. The Morgan fingerprint density at radius 2 is 2.14 bits per heavy atom. The maximum atomic E-state index is 5.54. The molecule has 0 spiro atoms. The molecule has 21 heavy (non-hydrogen) atoms. The standard InChI is InChI=1S/C17H15N3O/c1-2-9-21-17-6-4-3-5-13(17)11-18-15-7-8-16-14(10-15)12-19-20-16/h1,3-8,10,12,18H,9,11H2,(H,19,20). The van der Waals surface area contributed by atoms with Gasteiger partial charge in [0.25, 0.3) is 0 Å². The summed E-state index contributed by atoms with van der Waals surface area (Å²) in [6, 6.07) is 14.0. The second-order valence-corrected chi connectivity index (χ2v) is 4.63. The van der Waals surface area contributed by atoms with Crippen LogP contribution < -0.4 is 10.1 Å². The Kier molecular flexibility index (Phi) is 3.74. The van der Waals surface area contributed by atoms with Crippen LogP contribution in [0.5, 0.6) is 5.75 Å². The smallest absolute Gasteiger partial charge is 0.148 e. The van der Waals surface area contributed by atoms with Crippen molar-refractivity contribution in [3.63, 3.8) is 0 Å². The van der Waals surface area contributed by atoms with Crippen LogP contribution >= 0.6 is 0 Å². The number of aromatic amines is 1. The Morgan fingerprint density at radius 3 is 3.05 bits per heavy atom. The van der Waals surface area contributed by atoms with Crippen LogP contribution in [0.25, 0.3) is 10.9 Å². The molecular weight excluding hydrogens is 262 g/mol. The van der Waals surface area contributed by atoms with Gasteiger partial charge in [-0.25, -0.2) is 0 Å². The highest BCUT2D eigenvalue weighted by atomic mass is 16.5. The predicted octanol–water partition coefficient (Wildman–Crippen LogP) is 3.19. The van der Waals surface area contributed by atoms with Crippen LogP contribution in [0.4, 0.5) is 5.69 Å². The molecule has 3 rings (SSSR count). The third kappa shape index (κ3) is 2.98. The first kappa shape index (κ1) is 13.1. The zero-order valence-corrected chi connectivity index (χ0v) is 11.5. The highest BCUT2D eigenvalue weighted by Crippen LogP contribution is 2.21. The van der Waals surface area contributed by atoms with Crippen LogP contribution in [0.1, 0.15) is 5.56 Å². The lowest BCUT2D eigenvalue weighted by atomic mass is 10.2. The van der Waals surface area contributed by atoms with Gasteiger partial charge in [-0.05, 0) is 24.3 Å². The Hall–Kier alpha value is -2.93. The van der Waals surface area contributed by atoms with E-state index in [1.165, 1.54) is 0 Å². The average molecular weight is 277 g/mol. The summed E-state index contributed by atoms with van der Waals surface area (Å²) in [6.07, 6.45) is 7.04. The van der Waals surface area contributed by atoms with Crippen LogP contribution in [0, 0.1) is 12.3 Å². The molecule has 2 aromatic carbocycles. The lowest BCUT2D eigenvalue weighted by Gasteiger charge is -2.11. The van der Waals surface area contributed by atoms with Gasteiger partial charge in [0, 0.05) is 23.2 Å². The van der Waals surface area contributed by atoms with Gasteiger partial charge in [-0.15, -0.1) is 6.42 Å². The van der Waals surface area contributed by atoms with Gasteiger partial charge in [0.1, 0.15) is 12.4 Å². The van der Waals surface area contributed by atoms with Crippen molar-refractivity contribution in [3.05, 3.63) is 54.2 Å². The number of nitrogens with zero attached hydrogens (tertiary/aromatic N) is 1. The van der Waals surface area contributed by atoms with Crippen molar-refractivity contribution in [1.29, 1.82) is 0 Å². The number of fused-ring (bicyclic) bond motifs is 1. The number of H-pyrrole nitrogens is 1. The molecule has 4 nitrogen and oxygen atoms in total. The SMILES string of the molecule is C#CCOc1ccccc1CNc1ccc2[nH]ncc2c1. The lowest BCUT2D eigenvalue weighted by Crippen LogP contribution is -2.03. The monoisotopic (exact) mass is 277 g/mol. The van der Waals surface area contributed by atoms with E-state index in [1.807, 2.05) is 42.6 Å². The van der Waals surface area contributed by atoms with E-state index < -0.39 is 0 Å². The van der Waals surface area contributed by atoms with E-state index in [9.17, 15) is 0 Å². The van der Waals surface area contributed by atoms with Gasteiger partial charge in [0.2, 0.25) is 0 Å². The van der Waals surface area contributed by atoms with Crippen molar-refractivity contribution < 1.29 is 4.74 Å². The third-order valence-electron chi connectivity index (χ3n) is 3.21. The molecule has 4 heteroatoms. The van der Waals surface area contributed by atoms with Crippen molar-refractivity contribution in [3.8, 4) is 18.1 Å². The van der Waals surface area contributed by atoms with Gasteiger partial charge >= 0.3 is 0 Å². The molecule has 0 aliphatic heterocycles. The molecule has 0 unspecified atom stereocenters. The maximum absolute atomic E-state index is 5.54. The van der Waals surface area contributed by atoms with Gasteiger partial charge < -0.3 is 10.1 Å². The Labute approximate surface area is 123 Å². The number of anilines is 1. The second kappa shape index (κ2) is 6.02. The number of ether oxygens (including phenoxy) is 1. The number of hydrogen-bond donors (Lipinski definition) is 2. The van der Waals surface area contributed by atoms with Crippen molar-refractivity contribution >= 4 is 16.6 Å². The maximum Gasteiger partial charge on any atom is 0.148 e.